The first-order valence-electron chi connectivity index (χ1n) is 8.26. The Bertz CT molecular complexity index is 1000. The number of nitrogens with zero attached hydrogens (tertiary/aromatic N) is 2. The van der Waals surface area contributed by atoms with Crippen LogP contribution in [-0.2, 0) is 0 Å². The van der Waals surface area contributed by atoms with Gasteiger partial charge in [-0.1, -0.05) is 30.3 Å². The van der Waals surface area contributed by atoms with Crippen LogP contribution in [0.1, 0.15) is 17.4 Å². The second kappa shape index (κ2) is 4.20. The lowest BCUT2D eigenvalue weighted by Gasteiger charge is -2.43. The molecule has 1 unspecified atom stereocenters. The van der Waals surface area contributed by atoms with E-state index in [4.69, 9.17) is 0 Å². The van der Waals surface area contributed by atoms with Crippen molar-refractivity contribution in [2.45, 2.75) is 6.04 Å². The molecule has 0 amide bonds. The summed E-state index contributed by atoms with van der Waals surface area (Å²) in [4.78, 5) is 5.98. The van der Waals surface area contributed by atoms with E-state index in [0.717, 1.165) is 0 Å². The molecule has 0 radical (unpaired) electrons. The summed E-state index contributed by atoms with van der Waals surface area (Å²) in [7, 11) is 0. The Hall–Kier alpha value is -3.20. The smallest absolute Gasteiger partial charge is 0.115 e. The molecule has 0 saturated carbocycles. The van der Waals surface area contributed by atoms with Crippen LogP contribution in [0.5, 0.6) is 0 Å². The summed E-state index contributed by atoms with van der Waals surface area (Å²) < 4.78 is 2.31. The monoisotopic (exact) mass is 309 g/mol. The lowest BCUT2D eigenvalue weighted by Crippen LogP contribution is -2.34. The van der Waals surface area contributed by atoms with E-state index in [-0.39, 0.29) is 6.04 Å². The van der Waals surface area contributed by atoms with Crippen molar-refractivity contribution in [3.63, 3.8) is 0 Å². The molecule has 3 heteroatoms. The Kier molecular flexibility index (Phi) is 2.15. The molecule has 2 aliphatic rings. The van der Waals surface area contributed by atoms with Crippen LogP contribution in [0.15, 0.2) is 79.1 Å². The predicted molar refractivity (Wildman–Crippen MR) is 96.0 cm³/mol. The van der Waals surface area contributed by atoms with Gasteiger partial charge >= 0.3 is 0 Å². The molecular weight excluding hydrogens is 294 g/mol. The van der Waals surface area contributed by atoms with Crippen LogP contribution in [0.2, 0.25) is 0 Å². The molecule has 4 heterocycles. The van der Waals surface area contributed by atoms with Gasteiger partial charge in [-0.05, 0) is 36.4 Å². The largest absolute Gasteiger partial charge is 0.362 e. The van der Waals surface area contributed by atoms with E-state index >= 15 is 0 Å². The van der Waals surface area contributed by atoms with Crippen LogP contribution in [-0.4, -0.2) is 9.55 Å². The number of aromatic amines is 1. The second-order valence-corrected chi connectivity index (χ2v) is 6.39. The van der Waals surface area contributed by atoms with Gasteiger partial charge in [0, 0.05) is 23.5 Å². The number of para-hydroxylation sites is 3. The van der Waals surface area contributed by atoms with E-state index < -0.39 is 0 Å². The van der Waals surface area contributed by atoms with Crippen LogP contribution in [0, 0.1) is 0 Å². The predicted octanol–water partition coefficient (Wildman–Crippen LogP) is 5.03. The lowest BCUT2D eigenvalue weighted by molar-refractivity contribution is 0.709. The van der Waals surface area contributed by atoms with E-state index in [0.29, 0.717) is 0 Å². The fourth-order valence-corrected chi connectivity index (χ4v) is 4.28. The lowest BCUT2D eigenvalue weighted by atomic mass is 9.90. The zero-order valence-corrected chi connectivity index (χ0v) is 13.0. The fraction of sp³-hybridized carbons (Fsp3) is 0.0476. The van der Waals surface area contributed by atoms with Crippen LogP contribution in [0.3, 0.4) is 0 Å². The van der Waals surface area contributed by atoms with Gasteiger partial charge < -0.3 is 14.5 Å². The molecule has 2 aliphatic heterocycles. The fourth-order valence-electron chi connectivity index (χ4n) is 4.28. The number of rotatable bonds is 0. The average molecular weight is 309 g/mol. The SMILES string of the molecule is c1ccc2c(c1)-c1cc[nH]c1C1c3cccn3-c3ccccc3N21. The topological polar surface area (TPSA) is 24.0 Å². The van der Waals surface area contributed by atoms with Crippen LogP contribution < -0.4 is 4.90 Å². The van der Waals surface area contributed by atoms with Gasteiger partial charge in [0.15, 0.2) is 0 Å². The number of hydrogen-bond acceptors (Lipinski definition) is 1. The van der Waals surface area contributed by atoms with Crippen LogP contribution in [0.4, 0.5) is 11.4 Å². The van der Waals surface area contributed by atoms with Gasteiger partial charge in [-0.2, -0.15) is 0 Å². The number of nitrogens with one attached hydrogen (secondary N) is 1. The minimum absolute atomic E-state index is 0.176. The van der Waals surface area contributed by atoms with Crippen molar-refractivity contribution in [2.24, 2.45) is 0 Å². The highest BCUT2D eigenvalue weighted by Crippen LogP contribution is 2.53. The first-order valence-corrected chi connectivity index (χ1v) is 8.26. The molecule has 0 aliphatic carbocycles. The molecule has 1 atom stereocenters. The molecular formula is C21H15N3. The van der Waals surface area contributed by atoms with Crippen molar-refractivity contribution in [3.05, 3.63) is 90.5 Å². The average Bonchev–Trinajstić information content (AvgIpc) is 3.31. The molecule has 114 valence electrons. The summed E-state index contributed by atoms with van der Waals surface area (Å²) in [5.41, 5.74) is 8.92. The maximum Gasteiger partial charge on any atom is 0.115 e. The molecule has 24 heavy (non-hydrogen) atoms. The number of H-pyrrole nitrogens is 1. The molecule has 0 saturated heterocycles. The minimum atomic E-state index is 0.176. The van der Waals surface area contributed by atoms with Gasteiger partial charge in [-0.15, -0.1) is 0 Å². The Morgan fingerprint density at radius 2 is 1.50 bits per heavy atom. The van der Waals surface area contributed by atoms with Gasteiger partial charge in [0.25, 0.3) is 0 Å². The molecule has 2 aromatic carbocycles. The third kappa shape index (κ3) is 1.33. The molecule has 4 aromatic rings. The van der Waals surface area contributed by atoms with Crippen molar-refractivity contribution < 1.29 is 0 Å². The Morgan fingerprint density at radius 3 is 2.42 bits per heavy atom. The van der Waals surface area contributed by atoms with Gasteiger partial charge in [0.2, 0.25) is 0 Å². The Morgan fingerprint density at radius 1 is 0.708 bits per heavy atom. The van der Waals surface area contributed by atoms with E-state index in [1.165, 1.54) is 39.6 Å². The summed E-state index contributed by atoms with van der Waals surface area (Å²) in [6.45, 7) is 0. The maximum atomic E-state index is 3.50. The molecule has 0 bridgehead atoms. The van der Waals surface area contributed by atoms with Crippen molar-refractivity contribution in [3.8, 4) is 16.8 Å². The van der Waals surface area contributed by atoms with E-state index in [9.17, 15) is 0 Å². The third-order valence-electron chi connectivity index (χ3n) is 5.23. The first kappa shape index (κ1) is 12.3. The zero-order chi connectivity index (χ0) is 15.7. The van der Waals surface area contributed by atoms with Crippen molar-refractivity contribution in [1.82, 2.24) is 9.55 Å². The third-order valence-corrected chi connectivity index (χ3v) is 5.23. The van der Waals surface area contributed by atoms with Crippen molar-refractivity contribution in [2.75, 3.05) is 4.90 Å². The van der Waals surface area contributed by atoms with Crippen molar-refractivity contribution >= 4 is 11.4 Å². The maximum absolute atomic E-state index is 3.50. The number of benzene rings is 2. The van der Waals surface area contributed by atoms with Gasteiger partial charge in [0.1, 0.15) is 6.04 Å². The number of hydrogen-bond donors (Lipinski definition) is 1. The molecule has 0 spiro atoms. The molecule has 0 fully saturated rings. The normalized spacial score (nSPS) is 16.7. The Labute approximate surface area is 139 Å². The summed E-state index contributed by atoms with van der Waals surface area (Å²) >= 11 is 0. The standard InChI is InChI=1S/C21H15N3/c1-2-7-16-14(6-1)15-11-12-22-20(15)21-19-10-5-13-23(19)17-8-3-4-9-18(17)24(16)21/h1-13,21-22H. The summed E-state index contributed by atoms with van der Waals surface area (Å²) in [6.07, 6.45) is 4.22. The highest BCUT2D eigenvalue weighted by molar-refractivity contribution is 5.91. The first-order chi connectivity index (χ1) is 11.9. The summed E-state index contributed by atoms with van der Waals surface area (Å²) in [5.74, 6) is 0. The van der Waals surface area contributed by atoms with E-state index in [1.54, 1.807) is 0 Å². The van der Waals surface area contributed by atoms with Gasteiger partial charge in [-0.25, -0.2) is 0 Å². The van der Waals surface area contributed by atoms with E-state index in [1.807, 2.05) is 0 Å². The Balaban J connectivity index is 1.77. The summed E-state index contributed by atoms with van der Waals surface area (Å²) in [5, 5.41) is 0. The molecule has 1 N–H and O–H groups in total. The quantitative estimate of drug-likeness (QED) is 0.484. The summed E-state index contributed by atoms with van der Waals surface area (Å²) in [6, 6.07) is 24.1. The van der Waals surface area contributed by atoms with Crippen molar-refractivity contribution in [1.29, 1.82) is 0 Å². The molecule has 6 rings (SSSR count). The highest BCUT2D eigenvalue weighted by atomic mass is 15.3. The molecule has 2 aromatic heterocycles. The van der Waals surface area contributed by atoms with Gasteiger partial charge in [-0.3, -0.25) is 0 Å². The second-order valence-electron chi connectivity index (χ2n) is 6.39. The minimum Gasteiger partial charge on any atom is -0.362 e. The van der Waals surface area contributed by atoms with Gasteiger partial charge in [0.05, 0.1) is 28.5 Å². The molecule has 3 nitrogen and oxygen atoms in total. The van der Waals surface area contributed by atoms with Crippen LogP contribution >= 0.6 is 0 Å². The van der Waals surface area contributed by atoms with E-state index in [2.05, 4.69) is 93.6 Å². The van der Waals surface area contributed by atoms with Crippen LogP contribution in [0.25, 0.3) is 16.8 Å². The highest BCUT2D eigenvalue weighted by Gasteiger charge is 2.39. The number of fused-ring (bicyclic) bond motifs is 11. The number of anilines is 2. The zero-order valence-electron chi connectivity index (χ0n) is 13.0. The number of aromatic nitrogens is 2.